The van der Waals surface area contributed by atoms with E-state index in [4.69, 9.17) is 0 Å². The summed E-state index contributed by atoms with van der Waals surface area (Å²) in [5.41, 5.74) is 0. The lowest BCUT2D eigenvalue weighted by molar-refractivity contribution is 0.716. The molecular weight excluding hydrogens is 200 g/mol. The van der Waals surface area contributed by atoms with Crippen LogP contribution in [0.5, 0.6) is 0 Å². The van der Waals surface area contributed by atoms with E-state index in [1.54, 1.807) is 0 Å². The van der Waals surface area contributed by atoms with Gasteiger partial charge in [-0.3, -0.25) is 4.99 Å². The molecule has 0 spiro atoms. The van der Waals surface area contributed by atoms with Crippen molar-refractivity contribution in [2.45, 2.75) is 31.6 Å². The molecule has 1 atom stereocenters. The normalized spacial score (nSPS) is 26.5. The van der Waals surface area contributed by atoms with Crippen LogP contribution in [0, 0.1) is 0 Å². The van der Waals surface area contributed by atoms with Gasteiger partial charge in [-0.1, -0.05) is 11.8 Å². The fourth-order valence-corrected chi connectivity index (χ4v) is 2.04. The SMILES string of the molecule is CSC(C)(C)CN=C1NC(C)CS1. The highest BCUT2D eigenvalue weighted by atomic mass is 32.2. The first kappa shape index (κ1) is 11.2. The molecule has 0 aliphatic carbocycles. The van der Waals surface area contributed by atoms with Gasteiger partial charge in [0, 0.05) is 16.5 Å². The van der Waals surface area contributed by atoms with Crippen molar-refractivity contribution in [3.8, 4) is 0 Å². The van der Waals surface area contributed by atoms with E-state index < -0.39 is 0 Å². The predicted octanol–water partition coefficient (Wildman–Crippen LogP) is 2.21. The van der Waals surface area contributed by atoms with Crippen LogP contribution >= 0.6 is 23.5 Å². The van der Waals surface area contributed by atoms with Crippen molar-refractivity contribution < 1.29 is 0 Å². The maximum absolute atomic E-state index is 4.56. The second kappa shape index (κ2) is 4.60. The summed E-state index contributed by atoms with van der Waals surface area (Å²) in [5, 5.41) is 4.47. The molecule has 1 rings (SSSR count). The third kappa shape index (κ3) is 3.81. The van der Waals surface area contributed by atoms with Gasteiger partial charge in [0.05, 0.1) is 6.54 Å². The minimum absolute atomic E-state index is 0.265. The molecule has 1 aliphatic heterocycles. The summed E-state index contributed by atoms with van der Waals surface area (Å²) in [4.78, 5) is 4.56. The van der Waals surface area contributed by atoms with Crippen LogP contribution in [-0.4, -0.2) is 34.5 Å². The van der Waals surface area contributed by atoms with Gasteiger partial charge in [0.15, 0.2) is 5.17 Å². The molecule has 76 valence electrons. The molecule has 0 aromatic carbocycles. The van der Waals surface area contributed by atoms with Crippen molar-refractivity contribution in [2.24, 2.45) is 4.99 Å². The minimum Gasteiger partial charge on any atom is -0.362 e. The average molecular weight is 218 g/mol. The molecule has 2 nitrogen and oxygen atoms in total. The topological polar surface area (TPSA) is 24.4 Å². The molecule has 0 aromatic heterocycles. The van der Waals surface area contributed by atoms with E-state index in [1.807, 2.05) is 23.5 Å². The number of amidine groups is 1. The highest BCUT2D eigenvalue weighted by molar-refractivity contribution is 8.14. The van der Waals surface area contributed by atoms with Crippen molar-refractivity contribution >= 4 is 28.7 Å². The van der Waals surface area contributed by atoms with Gasteiger partial charge < -0.3 is 5.32 Å². The standard InChI is InChI=1S/C9H18N2S2/c1-7-5-13-8(11-7)10-6-9(2,3)12-4/h7H,5-6H2,1-4H3,(H,10,11). The number of thioether (sulfide) groups is 2. The summed E-state index contributed by atoms with van der Waals surface area (Å²) in [6, 6.07) is 0.584. The molecule has 1 aliphatic rings. The van der Waals surface area contributed by atoms with Gasteiger partial charge in [0.1, 0.15) is 0 Å². The van der Waals surface area contributed by atoms with Crippen LogP contribution in [0.4, 0.5) is 0 Å². The number of hydrogen-bond donors (Lipinski definition) is 1. The predicted molar refractivity (Wildman–Crippen MR) is 65.0 cm³/mol. The van der Waals surface area contributed by atoms with Crippen LogP contribution in [0.25, 0.3) is 0 Å². The molecular formula is C9H18N2S2. The molecule has 0 bridgehead atoms. The summed E-state index contributed by atoms with van der Waals surface area (Å²) in [7, 11) is 0. The molecule has 4 heteroatoms. The quantitative estimate of drug-likeness (QED) is 0.786. The third-order valence-electron chi connectivity index (χ3n) is 2.00. The third-order valence-corrected chi connectivity index (χ3v) is 4.42. The fraction of sp³-hybridized carbons (Fsp3) is 0.889. The summed E-state index contributed by atoms with van der Waals surface area (Å²) in [6.45, 7) is 7.54. The van der Waals surface area contributed by atoms with Crippen LogP contribution in [-0.2, 0) is 0 Å². The lowest BCUT2D eigenvalue weighted by atomic mass is 10.2. The second-order valence-corrected chi connectivity index (χ2v) is 6.46. The summed E-state index contributed by atoms with van der Waals surface area (Å²) < 4.78 is 0.265. The molecule has 1 unspecified atom stereocenters. The van der Waals surface area contributed by atoms with Crippen LogP contribution in [0.3, 0.4) is 0 Å². The molecule has 1 N–H and O–H groups in total. The van der Waals surface area contributed by atoms with Gasteiger partial charge in [-0.05, 0) is 27.0 Å². The lowest BCUT2D eigenvalue weighted by Crippen LogP contribution is -2.25. The van der Waals surface area contributed by atoms with Crippen LogP contribution in [0.1, 0.15) is 20.8 Å². The molecule has 1 saturated heterocycles. The molecule has 0 radical (unpaired) electrons. The van der Waals surface area contributed by atoms with E-state index >= 15 is 0 Å². The summed E-state index contributed by atoms with van der Waals surface area (Å²) in [5.74, 6) is 1.15. The van der Waals surface area contributed by atoms with E-state index in [1.165, 1.54) is 0 Å². The van der Waals surface area contributed by atoms with Gasteiger partial charge in [0.25, 0.3) is 0 Å². The molecule has 1 heterocycles. The Morgan fingerprint density at radius 1 is 1.69 bits per heavy atom. The fourth-order valence-electron chi connectivity index (χ4n) is 0.916. The number of aliphatic imine (C=N–C) groups is 1. The zero-order valence-corrected chi connectivity index (χ0v) is 10.4. The van der Waals surface area contributed by atoms with E-state index in [9.17, 15) is 0 Å². The molecule has 0 aromatic rings. The Morgan fingerprint density at radius 2 is 2.38 bits per heavy atom. The van der Waals surface area contributed by atoms with Crippen LogP contribution in [0.2, 0.25) is 0 Å². The Labute approximate surface area is 89.3 Å². The summed E-state index contributed by atoms with van der Waals surface area (Å²) in [6.07, 6.45) is 2.14. The maximum Gasteiger partial charge on any atom is 0.156 e. The Bertz CT molecular complexity index is 202. The van der Waals surface area contributed by atoms with Crippen LogP contribution < -0.4 is 5.32 Å². The van der Waals surface area contributed by atoms with E-state index in [-0.39, 0.29) is 4.75 Å². The van der Waals surface area contributed by atoms with E-state index in [0.29, 0.717) is 6.04 Å². The smallest absolute Gasteiger partial charge is 0.156 e. The summed E-state index contributed by atoms with van der Waals surface area (Å²) >= 11 is 3.70. The second-order valence-electron chi connectivity index (χ2n) is 3.94. The van der Waals surface area contributed by atoms with E-state index in [2.05, 4.69) is 37.3 Å². The van der Waals surface area contributed by atoms with Gasteiger partial charge in [-0.25, -0.2) is 0 Å². The van der Waals surface area contributed by atoms with Gasteiger partial charge in [-0.15, -0.1) is 0 Å². The Kier molecular flexibility index (Phi) is 3.98. The van der Waals surface area contributed by atoms with Crippen molar-refractivity contribution in [1.29, 1.82) is 0 Å². The van der Waals surface area contributed by atoms with Gasteiger partial charge >= 0.3 is 0 Å². The van der Waals surface area contributed by atoms with Gasteiger partial charge in [0.2, 0.25) is 0 Å². The minimum atomic E-state index is 0.265. The van der Waals surface area contributed by atoms with Crippen molar-refractivity contribution in [3.05, 3.63) is 0 Å². The Balaban J connectivity index is 2.40. The van der Waals surface area contributed by atoms with Gasteiger partial charge in [-0.2, -0.15) is 11.8 Å². The molecule has 13 heavy (non-hydrogen) atoms. The van der Waals surface area contributed by atoms with Crippen LogP contribution in [0.15, 0.2) is 4.99 Å². The lowest BCUT2D eigenvalue weighted by Gasteiger charge is -2.19. The number of nitrogens with zero attached hydrogens (tertiary/aromatic N) is 1. The average Bonchev–Trinajstić information content (AvgIpc) is 2.48. The first-order valence-corrected chi connectivity index (χ1v) is 6.73. The highest BCUT2D eigenvalue weighted by Gasteiger charge is 2.18. The molecule has 0 amide bonds. The maximum atomic E-state index is 4.56. The van der Waals surface area contributed by atoms with Crippen molar-refractivity contribution in [1.82, 2.24) is 5.32 Å². The van der Waals surface area contributed by atoms with Crippen molar-refractivity contribution in [2.75, 3.05) is 18.6 Å². The zero-order chi connectivity index (χ0) is 9.90. The zero-order valence-electron chi connectivity index (χ0n) is 8.76. The Hall–Kier alpha value is 0.170. The molecule has 0 saturated carbocycles. The first-order chi connectivity index (χ1) is 6.03. The highest BCUT2D eigenvalue weighted by Crippen LogP contribution is 2.22. The van der Waals surface area contributed by atoms with Crippen molar-refractivity contribution in [3.63, 3.8) is 0 Å². The number of hydrogen-bond acceptors (Lipinski definition) is 3. The first-order valence-electron chi connectivity index (χ1n) is 4.52. The number of nitrogens with one attached hydrogen (secondary N) is 1. The Morgan fingerprint density at radius 3 is 2.85 bits per heavy atom. The number of rotatable bonds is 3. The van der Waals surface area contributed by atoms with E-state index in [0.717, 1.165) is 17.5 Å². The monoisotopic (exact) mass is 218 g/mol. The largest absolute Gasteiger partial charge is 0.362 e. The molecule has 1 fully saturated rings.